The lowest BCUT2D eigenvalue weighted by Gasteiger charge is -2.37. The SMILES string of the molecule is CN1CCN(C)C(CNC(=O)C2CC(O)CN2)C1. The first-order chi connectivity index (χ1) is 8.56. The molecule has 2 fully saturated rings. The molecule has 2 aliphatic rings. The standard InChI is InChI=1S/C12H24N4O2/c1-15-3-4-16(2)9(8-15)6-14-12(18)11-5-10(17)7-13-11/h9-11,13,17H,3-8H2,1-2H3,(H,14,18). The number of nitrogens with zero attached hydrogens (tertiary/aromatic N) is 2. The molecule has 18 heavy (non-hydrogen) atoms. The number of amides is 1. The third-order valence-electron chi connectivity index (χ3n) is 3.92. The molecule has 2 saturated heterocycles. The third-order valence-corrected chi connectivity index (χ3v) is 3.92. The molecular weight excluding hydrogens is 232 g/mol. The Morgan fingerprint density at radius 3 is 2.89 bits per heavy atom. The molecule has 2 rings (SSSR count). The van der Waals surface area contributed by atoms with Gasteiger partial charge in [0.2, 0.25) is 5.91 Å². The lowest BCUT2D eigenvalue weighted by atomic mass is 10.1. The minimum Gasteiger partial charge on any atom is -0.392 e. The second-order valence-corrected chi connectivity index (χ2v) is 5.49. The van der Waals surface area contributed by atoms with E-state index in [0.717, 1.165) is 19.6 Å². The largest absolute Gasteiger partial charge is 0.392 e. The van der Waals surface area contributed by atoms with E-state index in [1.54, 1.807) is 0 Å². The van der Waals surface area contributed by atoms with Gasteiger partial charge in [0.25, 0.3) is 0 Å². The number of hydrogen-bond acceptors (Lipinski definition) is 5. The topological polar surface area (TPSA) is 67.8 Å². The number of hydrogen-bond donors (Lipinski definition) is 3. The molecule has 2 heterocycles. The van der Waals surface area contributed by atoms with E-state index < -0.39 is 0 Å². The van der Waals surface area contributed by atoms with E-state index in [1.165, 1.54) is 0 Å². The van der Waals surface area contributed by atoms with E-state index in [4.69, 9.17) is 0 Å². The van der Waals surface area contributed by atoms with Crippen LogP contribution in [-0.4, -0.2) is 85.8 Å². The first-order valence-electron chi connectivity index (χ1n) is 6.64. The monoisotopic (exact) mass is 256 g/mol. The summed E-state index contributed by atoms with van der Waals surface area (Å²) in [4.78, 5) is 16.5. The van der Waals surface area contributed by atoms with Crippen LogP contribution in [0.1, 0.15) is 6.42 Å². The second-order valence-electron chi connectivity index (χ2n) is 5.49. The van der Waals surface area contributed by atoms with Crippen molar-refractivity contribution in [2.45, 2.75) is 24.6 Å². The van der Waals surface area contributed by atoms with Gasteiger partial charge in [-0.3, -0.25) is 9.69 Å². The highest BCUT2D eigenvalue weighted by atomic mass is 16.3. The van der Waals surface area contributed by atoms with E-state index in [9.17, 15) is 9.90 Å². The van der Waals surface area contributed by atoms with Crippen LogP contribution in [0.2, 0.25) is 0 Å². The number of nitrogens with one attached hydrogen (secondary N) is 2. The first kappa shape index (κ1) is 13.7. The van der Waals surface area contributed by atoms with Crippen LogP contribution < -0.4 is 10.6 Å². The molecular formula is C12H24N4O2. The number of aliphatic hydroxyl groups excluding tert-OH is 1. The van der Waals surface area contributed by atoms with Gasteiger partial charge >= 0.3 is 0 Å². The molecule has 1 amide bonds. The van der Waals surface area contributed by atoms with Gasteiger partial charge in [-0.15, -0.1) is 0 Å². The van der Waals surface area contributed by atoms with Gasteiger partial charge in [0.1, 0.15) is 0 Å². The molecule has 104 valence electrons. The Labute approximate surface area is 108 Å². The summed E-state index contributed by atoms with van der Waals surface area (Å²) in [6.45, 7) is 4.30. The zero-order valence-corrected chi connectivity index (χ0v) is 11.2. The van der Waals surface area contributed by atoms with E-state index in [0.29, 0.717) is 25.6 Å². The van der Waals surface area contributed by atoms with Gasteiger partial charge < -0.3 is 20.6 Å². The Balaban J connectivity index is 1.75. The number of likely N-dealkylation sites (N-methyl/N-ethyl adjacent to an activating group) is 2. The van der Waals surface area contributed by atoms with Crippen molar-refractivity contribution in [1.29, 1.82) is 0 Å². The van der Waals surface area contributed by atoms with Crippen molar-refractivity contribution in [2.75, 3.05) is 46.8 Å². The summed E-state index contributed by atoms with van der Waals surface area (Å²) in [5, 5.41) is 15.4. The van der Waals surface area contributed by atoms with Crippen molar-refractivity contribution < 1.29 is 9.90 Å². The van der Waals surface area contributed by atoms with Crippen molar-refractivity contribution in [3.63, 3.8) is 0 Å². The smallest absolute Gasteiger partial charge is 0.237 e. The Bertz CT molecular complexity index is 300. The fraction of sp³-hybridized carbons (Fsp3) is 0.917. The predicted octanol–water partition coefficient (Wildman–Crippen LogP) is -1.93. The molecule has 0 aromatic rings. The number of carbonyl (C=O) groups is 1. The van der Waals surface area contributed by atoms with Gasteiger partial charge in [-0.25, -0.2) is 0 Å². The van der Waals surface area contributed by atoms with Gasteiger partial charge in [-0.05, 0) is 20.5 Å². The van der Waals surface area contributed by atoms with E-state index in [2.05, 4.69) is 34.5 Å². The van der Waals surface area contributed by atoms with Crippen molar-refractivity contribution in [3.8, 4) is 0 Å². The quantitative estimate of drug-likeness (QED) is 0.549. The highest BCUT2D eigenvalue weighted by Crippen LogP contribution is 2.07. The van der Waals surface area contributed by atoms with Crippen molar-refractivity contribution in [1.82, 2.24) is 20.4 Å². The molecule has 0 aromatic carbocycles. The normalized spacial score (nSPS) is 34.7. The number of piperazine rings is 1. The fourth-order valence-electron chi connectivity index (χ4n) is 2.58. The van der Waals surface area contributed by atoms with Crippen LogP contribution in [0, 0.1) is 0 Å². The Morgan fingerprint density at radius 2 is 2.22 bits per heavy atom. The zero-order valence-electron chi connectivity index (χ0n) is 11.2. The molecule has 0 radical (unpaired) electrons. The molecule has 0 spiro atoms. The molecule has 3 unspecified atom stereocenters. The van der Waals surface area contributed by atoms with E-state index in [-0.39, 0.29) is 18.1 Å². The Kier molecular flexibility index (Phi) is 4.55. The Hall–Kier alpha value is -0.690. The average Bonchev–Trinajstić information content (AvgIpc) is 2.77. The number of β-amino-alcohol motifs (C(OH)–C–C–N with tert-alkyl or cyclic N) is 1. The maximum absolute atomic E-state index is 11.9. The molecule has 2 aliphatic heterocycles. The van der Waals surface area contributed by atoms with Crippen molar-refractivity contribution in [2.24, 2.45) is 0 Å². The van der Waals surface area contributed by atoms with Crippen molar-refractivity contribution >= 4 is 5.91 Å². The number of aliphatic hydroxyl groups is 1. The minimum atomic E-state index is -0.385. The lowest BCUT2D eigenvalue weighted by Crippen LogP contribution is -2.55. The predicted molar refractivity (Wildman–Crippen MR) is 69.3 cm³/mol. The van der Waals surface area contributed by atoms with E-state index in [1.807, 2.05) is 0 Å². The molecule has 6 heteroatoms. The summed E-state index contributed by atoms with van der Waals surface area (Å²) in [5.41, 5.74) is 0. The first-order valence-corrected chi connectivity index (χ1v) is 6.64. The van der Waals surface area contributed by atoms with Crippen molar-refractivity contribution in [3.05, 3.63) is 0 Å². The summed E-state index contributed by atoms with van der Waals surface area (Å²) in [6, 6.07) is 0.144. The number of carbonyl (C=O) groups excluding carboxylic acids is 1. The fourth-order valence-corrected chi connectivity index (χ4v) is 2.58. The molecule has 0 saturated carbocycles. The maximum atomic E-state index is 11.9. The van der Waals surface area contributed by atoms with Crippen LogP contribution in [0.3, 0.4) is 0 Å². The molecule has 6 nitrogen and oxygen atoms in total. The van der Waals surface area contributed by atoms with Crippen LogP contribution in [0.4, 0.5) is 0 Å². The summed E-state index contributed by atoms with van der Waals surface area (Å²) in [6.07, 6.45) is 0.135. The van der Waals surface area contributed by atoms with Crippen LogP contribution >= 0.6 is 0 Å². The van der Waals surface area contributed by atoms with Gasteiger partial charge in [0, 0.05) is 38.8 Å². The summed E-state index contributed by atoms with van der Waals surface area (Å²) < 4.78 is 0. The van der Waals surface area contributed by atoms with Crippen LogP contribution in [-0.2, 0) is 4.79 Å². The molecule has 0 aliphatic carbocycles. The van der Waals surface area contributed by atoms with Crippen LogP contribution in [0.15, 0.2) is 0 Å². The van der Waals surface area contributed by atoms with Gasteiger partial charge in [-0.1, -0.05) is 0 Å². The van der Waals surface area contributed by atoms with Gasteiger partial charge in [-0.2, -0.15) is 0 Å². The minimum absolute atomic E-state index is 0.00757. The second kappa shape index (κ2) is 5.97. The van der Waals surface area contributed by atoms with E-state index >= 15 is 0 Å². The Morgan fingerprint density at radius 1 is 1.44 bits per heavy atom. The zero-order chi connectivity index (χ0) is 13.1. The summed E-state index contributed by atoms with van der Waals surface area (Å²) in [5.74, 6) is 0.00757. The van der Waals surface area contributed by atoms with Gasteiger partial charge in [0.05, 0.1) is 12.1 Å². The highest BCUT2D eigenvalue weighted by Gasteiger charge is 2.29. The summed E-state index contributed by atoms with van der Waals surface area (Å²) >= 11 is 0. The van der Waals surface area contributed by atoms with Gasteiger partial charge in [0.15, 0.2) is 0 Å². The lowest BCUT2D eigenvalue weighted by molar-refractivity contribution is -0.123. The number of rotatable bonds is 3. The highest BCUT2D eigenvalue weighted by molar-refractivity contribution is 5.82. The average molecular weight is 256 g/mol. The third kappa shape index (κ3) is 3.41. The molecule has 0 aromatic heterocycles. The van der Waals surface area contributed by atoms with Crippen LogP contribution in [0.25, 0.3) is 0 Å². The van der Waals surface area contributed by atoms with Crippen LogP contribution in [0.5, 0.6) is 0 Å². The maximum Gasteiger partial charge on any atom is 0.237 e. The molecule has 3 atom stereocenters. The molecule has 0 bridgehead atoms. The summed E-state index contributed by atoms with van der Waals surface area (Å²) in [7, 11) is 4.21. The molecule has 3 N–H and O–H groups in total.